The molecule has 2 N–H and O–H groups in total. The first-order chi connectivity index (χ1) is 12.4. The van der Waals surface area contributed by atoms with E-state index in [-0.39, 0.29) is 12.2 Å². The molecule has 0 fully saturated rings. The average molecular weight is 358 g/mol. The summed E-state index contributed by atoms with van der Waals surface area (Å²) < 4.78 is 6.16. The standard InChI is InChI=1S/C18H18N2O6/c1-4-8-26-20-14-7-6-11(25-3)9-13(14)12(5-2)16(18(20)24)17(23)19-10-15(21)22/h1,6-7,9H,5,8,10H2,2-3H3,(H,19,23)(H,21,22). The van der Waals surface area contributed by atoms with Gasteiger partial charge in [0.25, 0.3) is 11.5 Å². The number of carbonyl (C=O) groups is 2. The van der Waals surface area contributed by atoms with Crippen molar-refractivity contribution in [3.05, 3.63) is 39.7 Å². The van der Waals surface area contributed by atoms with Crippen LogP contribution in [0.1, 0.15) is 22.8 Å². The quantitative estimate of drug-likeness (QED) is 0.696. The minimum atomic E-state index is -1.22. The summed E-state index contributed by atoms with van der Waals surface area (Å²) in [6.45, 7) is 1.000. The molecule has 1 heterocycles. The van der Waals surface area contributed by atoms with Crippen LogP contribution in [0.3, 0.4) is 0 Å². The highest BCUT2D eigenvalue weighted by molar-refractivity contribution is 6.01. The third-order valence-corrected chi connectivity index (χ3v) is 3.71. The molecule has 1 aromatic carbocycles. The van der Waals surface area contributed by atoms with E-state index in [1.165, 1.54) is 7.11 Å². The number of nitrogens with one attached hydrogen (secondary N) is 1. The Bertz CT molecular complexity index is 955. The maximum atomic E-state index is 12.8. The molecule has 0 radical (unpaired) electrons. The van der Waals surface area contributed by atoms with E-state index in [2.05, 4.69) is 11.2 Å². The van der Waals surface area contributed by atoms with Crippen LogP contribution in [-0.2, 0) is 11.2 Å². The van der Waals surface area contributed by atoms with Crippen molar-refractivity contribution >= 4 is 22.8 Å². The molecule has 0 unspecified atom stereocenters. The lowest BCUT2D eigenvalue weighted by molar-refractivity contribution is -0.135. The van der Waals surface area contributed by atoms with Gasteiger partial charge in [-0.15, -0.1) is 11.2 Å². The molecule has 136 valence electrons. The Morgan fingerprint density at radius 1 is 1.38 bits per heavy atom. The van der Waals surface area contributed by atoms with Gasteiger partial charge in [-0.1, -0.05) is 12.8 Å². The number of aromatic nitrogens is 1. The van der Waals surface area contributed by atoms with Gasteiger partial charge in [0, 0.05) is 5.39 Å². The van der Waals surface area contributed by atoms with Crippen molar-refractivity contribution in [3.8, 4) is 18.1 Å². The number of rotatable bonds is 7. The second kappa shape index (κ2) is 8.07. The van der Waals surface area contributed by atoms with Crippen LogP contribution in [0.15, 0.2) is 23.0 Å². The van der Waals surface area contributed by atoms with Gasteiger partial charge in [-0.2, -0.15) is 0 Å². The molecule has 0 bridgehead atoms. The van der Waals surface area contributed by atoms with Crippen LogP contribution < -0.4 is 20.5 Å². The number of aliphatic carboxylic acids is 1. The smallest absolute Gasteiger partial charge is 0.322 e. The molecule has 26 heavy (non-hydrogen) atoms. The van der Waals surface area contributed by atoms with E-state index in [4.69, 9.17) is 21.1 Å². The SMILES string of the molecule is C#CCOn1c(=O)c(C(=O)NCC(=O)O)c(CC)c2cc(OC)ccc21. The van der Waals surface area contributed by atoms with Crippen molar-refractivity contribution in [2.75, 3.05) is 20.3 Å². The summed E-state index contributed by atoms with van der Waals surface area (Å²) in [5.74, 6) is 0.783. The van der Waals surface area contributed by atoms with Crippen LogP contribution in [0, 0.1) is 12.3 Å². The second-order valence-electron chi connectivity index (χ2n) is 5.24. The van der Waals surface area contributed by atoms with E-state index >= 15 is 0 Å². The van der Waals surface area contributed by atoms with Gasteiger partial charge in [0.1, 0.15) is 17.9 Å². The fourth-order valence-electron chi connectivity index (χ4n) is 2.61. The Labute approximate surface area is 149 Å². The maximum Gasteiger partial charge on any atom is 0.322 e. The van der Waals surface area contributed by atoms with E-state index in [0.29, 0.717) is 28.6 Å². The fourth-order valence-corrected chi connectivity index (χ4v) is 2.61. The molecule has 1 amide bonds. The van der Waals surface area contributed by atoms with Crippen molar-refractivity contribution in [3.63, 3.8) is 0 Å². The first-order valence-electron chi connectivity index (χ1n) is 7.76. The summed E-state index contributed by atoms with van der Waals surface area (Å²) in [6.07, 6.45) is 5.56. The highest BCUT2D eigenvalue weighted by Gasteiger charge is 2.23. The first kappa shape index (κ1) is 18.9. The number of methoxy groups -OCH3 is 1. The summed E-state index contributed by atoms with van der Waals surface area (Å²) in [5, 5.41) is 11.5. The largest absolute Gasteiger partial charge is 0.497 e. The number of nitrogens with zero attached hydrogens (tertiary/aromatic N) is 1. The highest BCUT2D eigenvalue weighted by atomic mass is 16.7. The van der Waals surface area contributed by atoms with Crippen molar-refractivity contribution in [1.29, 1.82) is 0 Å². The average Bonchev–Trinajstić information content (AvgIpc) is 2.64. The normalized spacial score (nSPS) is 10.2. The Balaban J connectivity index is 2.78. The molecule has 0 aliphatic heterocycles. The van der Waals surface area contributed by atoms with E-state index < -0.39 is 24.0 Å². The number of benzene rings is 1. The van der Waals surface area contributed by atoms with Crippen LogP contribution in [-0.4, -0.2) is 42.0 Å². The number of hydrogen-bond acceptors (Lipinski definition) is 5. The van der Waals surface area contributed by atoms with Crippen molar-refractivity contribution < 1.29 is 24.3 Å². The van der Waals surface area contributed by atoms with Gasteiger partial charge in [0.15, 0.2) is 6.61 Å². The minimum Gasteiger partial charge on any atom is -0.497 e. The van der Waals surface area contributed by atoms with Crippen molar-refractivity contribution in [2.24, 2.45) is 0 Å². The van der Waals surface area contributed by atoms with E-state index in [1.807, 2.05) is 0 Å². The van der Waals surface area contributed by atoms with Gasteiger partial charge in [-0.25, -0.2) is 0 Å². The fraction of sp³-hybridized carbons (Fsp3) is 0.278. The topological polar surface area (TPSA) is 107 Å². The third kappa shape index (κ3) is 3.62. The van der Waals surface area contributed by atoms with Crippen molar-refractivity contribution in [1.82, 2.24) is 10.0 Å². The van der Waals surface area contributed by atoms with Gasteiger partial charge in [-0.05, 0) is 30.2 Å². The van der Waals surface area contributed by atoms with Crippen LogP contribution >= 0.6 is 0 Å². The lowest BCUT2D eigenvalue weighted by atomic mass is 10.00. The number of terminal acetylenes is 1. The van der Waals surface area contributed by atoms with Gasteiger partial charge in [-0.3, -0.25) is 14.4 Å². The number of carboxylic acid groups (broad SMARTS) is 1. The molecule has 0 atom stereocenters. The minimum absolute atomic E-state index is 0.178. The number of hydrogen-bond donors (Lipinski definition) is 2. The third-order valence-electron chi connectivity index (χ3n) is 3.71. The highest BCUT2D eigenvalue weighted by Crippen LogP contribution is 2.25. The number of amides is 1. The number of carbonyl (C=O) groups excluding carboxylic acids is 1. The number of pyridine rings is 1. The molecular formula is C18H18N2O6. The van der Waals surface area contributed by atoms with Crippen molar-refractivity contribution in [2.45, 2.75) is 13.3 Å². The Morgan fingerprint density at radius 2 is 2.12 bits per heavy atom. The first-order valence-corrected chi connectivity index (χ1v) is 7.76. The number of ether oxygens (including phenoxy) is 1. The Kier molecular flexibility index (Phi) is 5.86. The molecule has 0 aliphatic carbocycles. The van der Waals surface area contributed by atoms with E-state index in [9.17, 15) is 14.4 Å². The molecule has 1 aromatic heterocycles. The molecule has 0 aliphatic rings. The maximum absolute atomic E-state index is 12.8. The number of aryl methyl sites for hydroxylation is 1. The molecule has 0 saturated carbocycles. The lowest BCUT2D eigenvalue weighted by Gasteiger charge is -2.17. The van der Waals surface area contributed by atoms with Crippen LogP contribution in [0.2, 0.25) is 0 Å². The van der Waals surface area contributed by atoms with Gasteiger partial charge >= 0.3 is 5.97 Å². The second-order valence-corrected chi connectivity index (χ2v) is 5.24. The monoisotopic (exact) mass is 358 g/mol. The summed E-state index contributed by atoms with van der Waals surface area (Å²) in [6, 6.07) is 4.96. The Morgan fingerprint density at radius 3 is 2.69 bits per heavy atom. The molecule has 2 aromatic rings. The zero-order valence-electron chi connectivity index (χ0n) is 14.4. The van der Waals surface area contributed by atoms with E-state index in [0.717, 1.165) is 4.73 Å². The van der Waals surface area contributed by atoms with E-state index in [1.54, 1.807) is 25.1 Å². The molecular weight excluding hydrogens is 340 g/mol. The summed E-state index contributed by atoms with van der Waals surface area (Å²) in [7, 11) is 1.50. The van der Waals surface area contributed by atoms with Crippen LogP contribution in [0.25, 0.3) is 10.9 Å². The predicted molar refractivity (Wildman–Crippen MR) is 94.4 cm³/mol. The summed E-state index contributed by atoms with van der Waals surface area (Å²) in [4.78, 5) is 41.3. The zero-order valence-corrected chi connectivity index (χ0v) is 14.4. The number of fused-ring (bicyclic) bond motifs is 1. The lowest BCUT2D eigenvalue weighted by Crippen LogP contribution is -2.39. The zero-order chi connectivity index (χ0) is 19.3. The molecule has 8 heteroatoms. The molecule has 8 nitrogen and oxygen atoms in total. The predicted octanol–water partition coefficient (Wildman–Crippen LogP) is 0.449. The van der Waals surface area contributed by atoms with Gasteiger partial charge < -0.3 is 20.0 Å². The van der Waals surface area contributed by atoms with Gasteiger partial charge in [0.2, 0.25) is 0 Å². The summed E-state index contributed by atoms with van der Waals surface area (Å²) >= 11 is 0. The molecule has 0 saturated heterocycles. The Hall–Kier alpha value is -3.47. The van der Waals surface area contributed by atoms with Gasteiger partial charge in [0.05, 0.1) is 12.6 Å². The molecule has 0 spiro atoms. The summed E-state index contributed by atoms with van der Waals surface area (Å²) in [5.41, 5.74) is -0.00536. The molecule has 2 rings (SSSR count). The van der Waals surface area contributed by atoms with Crippen LogP contribution in [0.4, 0.5) is 0 Å². The van der Waals surface area contributed by atoms with Crippen LogP contribution in [0.5, 0.6) is 5.75 Å². The number of carboxylic acids is 1.